The maximum Gasteiger partial charge on any atom is 0.230 e. The van der Waals surface area contributed by atoms with Crippen molar-refractivity contribution in [3.05, 3.63) is 24.3 Å². The quantitative estimate of drug-likeness (QED) is 0.659. The second kappa shape index (κ2) is 9.78. The molecule has 140 valence electrons. The van der Waals surface area contributed by atoms with Crippen LogP contribution in [0.5, 0.6) is 5.75 Å². The van der Waals surface area contributed by atoms with Crippen molar-refractivity contribution in [2.75, 3.05) is 24.7 Å². The summed E-state index contributed by atoms with van der Waals surface area (Å²) in [6.45, 7) is 0.805. The molecule has 26 heavy (non-hydrogen) atoms. The van der Waals surface area contributed by atoms with E-state index in [1.54, 1.807) is 7.11 Å². The number of hydrogen-bond acceptors (Lipinski definition) is 7. The SMILES string of the molecule is COc1ccc(Nc2nnc(SCC(=O)NCC3CCCCC3)s2)cc1. The van der Waals surface area contributed by atoms with Crippen LogP contribution in [0.3, 0.4) is 0 Å². The number of aromatic nitrogens is 2. The molecule has 1 aliphatic carbocycles. The number of anilines is 2. The van der Waals surface area contributed by atoms with Gasteiger partial charge < -0.3 is 15.4 Å². The van der Waals surface area contributed by atoms with Gasteiger partial charge in [-0.25, -0.2) is 0 Å². The molecule has 1 aliphatic rings. The standard InChI is InChI=1S/C18H24N4O2S2/c1-24-15-9-7-14(8-10-15)20-17-21-22-18(26-17)25-12-16(23)19-11-13-5-3-2-4-6-13/h7-10,13H,2-6,11-12H2,1H3,(H,19,23)(H,20,21). The number of rotatable bonds is 8. The van der Waals surface area contributed by atoms with E-state index in [0.717, 1.165) is 22.3 Å². The number of carbonyl (C=O) groups excluding carboxylic acids is 1. The van der Waals surface area contributed by atoms with Crippen LogP contribution in [0, 0.1) is 5.92 Å². The fourth-order valence-corrected chi connectivity index (χ4v) is 4.55. The molecule has 0 unspecified atom stereocenters. The van der Waals surface area contributed by atoms with Gasteiger partial charge >= 0.3 is 0 Å². The second-order valence-corrected chi connectivity index (χ2v) is 8.52. The third-order valence-electron chi connectivity index (χ3n) is 4.39. The Balaban J connectivity index is 1.40. The minimum absolute atomic E-state index is 0.0698. The number of nitrogens with zero attached hydrogens (tertiary/aromatic N) is 2. The van der Waals surface area contributed by atoms with E-state index in [-0.39, 0.29) is 5.91 Å². The van der Waals surface area contributed by atoms with Gasteiger partial charge in [-0.2, -0.15) is 0 Å². The highest BCUT2D eigenvalue weighted by atomic mass is 32.2. The van der Waals surface area contributed by atoms with Gasteiger partial charge in [0.25, 0.3) is 0 Å². The molecule has 0 bridgehead atoms. The molecule has 1 aromatic heterocycles. The van der Waals surface area contributed by atoms with Crippen LogP contribution in [0.2, 0.25) is 0 Å². The zero-order valence-corrected chi connectivity index (χ0v) is 16.5. The lowest BCUT2D eigenvalue weighted by Gasteiger charge is -2.21. The molecule has 0 atom stereocenters. The molecule has 6 nitrogen and oxygen atoms in total. The van der Waals surface area contributed by atoms with E-state index in [1.807, 2.05) is 24.3 Å². The molecule has 0 radical (unpaired) electrons. The highest BCUT2D eigenvalue weighted by Gasteiger charge is 2.15. The number of hydrogen-bond donors (Lipinski definition) is 2. The summed E-state index contributed by atoms with van der Waals surface area (Å²) in [4.78, 5) is 12.0. The normalized spacial score (nSPS) is 14.8. The Morgan fingerprint density at radius 2 is 2.00 bits per heavy atom. The Hall–Kier alpha value is -1.80. The molecule has 1 saturated carbocycles. The van der Waals surface area contributed by atoms with Crippen LogP contribution < -0.4 is 15.4 Å². The van der Waals surface area contributed by atoms with Crippen molar-refractivity contribution >= 4 is 39.8 Å². The molecule has 1 amide bonds. The van der Waals surface area contributed by atoms with Crippen molar-refractivity contribution < 1.29 is 9.53 Å². The van der Waals surface area contributed by atoms with Crippen molar-refractivity contribution in [3.8, 4) is 5.75 Å². The first-order valence-corrected chi connectivity index (χ1v) is 10.7. The van der Waals surface area contributed by atoms with Gasteiger partial charge in [0.05, 0.1) is 12.9 Å². The summed E-state index contributed by atoms with van der Waals surface area (Å²) in [5, 5.41) is 15.2. The van der Waals surface area contributed by atoms with Crippen molar-refractivity contribution in [1.29, 1.82) is 0 Å². The Morgan fingerprint density at radius 1 is 1.23 bits per heavy atom. The van der Waals surface area contributed by atoms with E-state index in [4.69, 9.17) is 4.74 Å². The molecule has 8 heteroatoms. The summed E-state index contributed by atoms with van der Waals surface area (Å²) in [6, 6.07) is 7.61. The van der Waals surface area contributed by atoms with E-state index < -0.39 is 0 Å². The number of amides is 1. The van der Waals surface area contributed by atoms with E-state index in [1.165, 1.54) is 55.2 Å². The summed E-state index contributed by atoms with van der Waals surface area (Å²) in [7, 11) is 1.64. The van der Waals surface area contributed by atoms with E-state index in [9.17, 15) is 4.79 Å². The van der Waals surface area contributed by atoms with Crippen LogP contribution in [0.15, 0.2) is 28.6 Å². The summed E-state index contributed by atoms with van der Waals surface area (Å²) in [6.07, 6.45) is 6.41. The Labute approximate surface area is 162 Å². The number of methoxy groups -OCH3 is 1. The fraction of sp³-hybridized carbons (Fsp3) is 0.500. The Kier molecular flexibility index (Phi) is 7.13. The highest BCUT2D eigenvalue weighted by molar-refractivity contribution is 8.01. The number of nitrogens with one attached hydrogen (secondary N) is 2. The summed E-state index contributed by atoms with van der Waals surface area (Å²) >= 11 is 2.87. The topological polar surface area (TPSA) is 76.1 Å². The summed E-state index contributed by atoms with van der Waals surface area (Å²) < 4.78 is 5.93. The largest absolute Gasteiger partial charge is 0.497 e. The highest BCUT2D eigenvalue weighted by Crippen LogP contribution is 2.28. The first kappa shape index (κ1) is 19.0. The van der Waals surface area contributed by atoms with Gasteiger partial charge in [0.1, 0.15) is 5.75 Å². The van der Waals surface area contributed by atoms with Gasteiger partial charge in [-0.05, 0) is 43.0 Å². The zero-order valence-electron chi connectivity index (χ0n) is 14.9. The number of ether oxygens (including phenoxy) is 1. The molecule has 1 fully saturated rings. The zero-order chi connectivity index (χ0) is 18.2. The van der Waals surface area contributed by atoms with Crippen molar-refractivity contribution in [1.82, 2.24) is 15.5 Å². The number of carbonyl (C=O) groups is 1. The monoisotopic (exact) mass is 392 g/mol. The van der Waals surface area contributed by atoms with Gasteiger partial charge in [0.15, 0.2) is 4.34 Å². The molecule has 2 N–H and O–H groups in total. The third-order valence-corrected chi connectivity index (χ3v) is 6.36. The average Bonchev–Trinajstić information content (AvgIpc) is 3.13. The summed E-state index contributed by atoms with van der Waals surface area (Å²) in [5.74, 6) is 1.91. The molecule has 0 saturated heterocycles. The Morgan fingerprint density at radius 3 is 2.73 bits per heavy atom. The predicted molar refractivity (Wildman–Crippen MR) is 106 cm³/mol. The molecular formula is C18H24N4O2S2. The molecule has 1 heterocycles. The van der Waals surface area contributed by atoms with Crippen LogP contribution in [0.4, 0.5) is 10.8 Å². The molecule has 0 spiro atoms. The Bertz CT molecular complexity index is 699. The lowest BCUT2D eigenvalue weighted by Crippen LogP contribution is -2.31. The van der Waals surface area contributed by atoms with Crippen LogP contribution in [0.25, 0.3) is 0 Å². The van der Waals surface area contributed by atoms with Gasteiger partial charge in [0.2, 0.25) is 11.0 Å². The van der Waals surface area contributed by atoms with Gasteiger partial charge in [-0.1, -0.05) is 42.4 Å². The second-order valence-electron chi connectivity index (χ2n) is 6.32. The number of thioether (sulfide) groups is 1. The van der Waals surface area contributed by atoms with Crippen molar-refractivity contribution in [3.63, 3.8) is 0 Å². The van der Waals surface area contributed by atoms with Gasteiger partial charge in [-0.3, -0.25) is 4.79 Å². The maximum atomic E-state index is 12.0. The molecule has 0 aliphatic heterocycles. The van der Waals surface area contributed by atoms with E-state index in [0.29, 0.717) is 16.8 Å². The predicted octanol–water partition coefficient (Wildman–Crippen LogP) is 4.08. The van der Waals surface area contributed by atoms with Gasteiger partial charge in [-0.15, -0.1) is 10.2 Å². The minimum atomic E-state index is 0.0698. The average molecular weight is 393 g/mol. The smallest absolute Gasteiger partial charge is 0.230 e. The van der Waals surface area contributed by atoms with Gasteiger partial charge in [0, 0.05) is 12.2 Å². The van der Waals surface area contributed by atoms with E-state index >= 15 is 0 Å². The first-order chi connectivity index (χ1) is 12.7. The molecule has 1 aromatic carbocycles. The first-order valence-electron chi connectivity index (χ1n) is 8.87. The summed E-state index contributed by atoms with van der Waals surface area (Å²) in [5.41, 5.74) is 0.920. The molecular weight excluding hydrogens is 368 g/mol. The fourth-order valence-electron chi connectivity index (χ4n) is 2.94. The molecule has 3 rings (SSSR count). The van der Waals surface area contributed by atoms with Crippen LogP contribution in [-0.2, 0) is 4.79 Å². The maximum absolute atomic E-state index is 12.0. The lowest BCUT2D eigenvalue weighted by molar-refractivity contribution is -0.118. The minimum Gasteiger partial charge on any atom is -0.497 e. The van der Waals surface area contributed by atoms with Crippen LogP contribution >= 0.6 is 23.1 Å². The van der Waals surface area contributed by atoms with Crippen molar-refractivity contribution in [2.24, 2.45) is 5.92 Å². The third kappa shape index (κ3) is 5.88. The van der Waals surface area contributed by atoms with Crippen LogP contribution in [0.1, 0.15) is 32.1 Å². The lowest BCUT2D eigenvalue weighted by atomic mass is 9.89. The van der Waals surface area contributed by atoms with E-state index in [2.05, 4.69) is 20.8 Å². The molecule has 2 aromatic rings. The number of benzene rings is 1. The van der Waals surface area contributed by atoms with Crippen molar-refractivity contribution in [2.45, 2.75) is 36.4 Å². The van der Waals surface area contributed by atoms with Crippen LogP contribution in [-0.4, -0.2) is 35.5 Å².